The first-order chi connectivity index (χ1) is 8.17. The summed E-state index contributed by atoms with van der Waals surface area (Å²) in [5, 5.41) is 12.6. The smallest absolute Gasteiger partial charge is 0.129 e. The quantitative estimate of drug-likeness (QED) is 0.808. The number of benzene rings is 1. The molecule has 0 fully saturated rings. The third-order valence-electron chi connectivity index (χ3n) is 2.40. The lowest BCUT2D eigenvalue weighted by atomic mass is 10.2. The van der Waals surface area contributed by atoms with Crippen LogP contribution in [-0.2, 0) is 16.0 Å². The van der Waals surface area contributed by atoms with Gasteiger partial charge in [0.1, 0.15) is 5.75 Å². The van der Waals surface area contributed by atoms with Crippen LogP contribution in [0.15, 0.2) is 22.7 Å². The lowest BCUT2D eigenvalue weighted by molar-refractivity contribution is 0.0288. The number of ether oxygens (including phenoxy) is 2. The highest BCUT2D eigenvalue weighted by Gasteiger charge is 2.06. The Balaban J connectivity index is 2.37. The van der Waals surface area contributed by atoms with Gasteiger partial charge in [0, 0.05) is 27.3 Å². The van der Waals surface area contributed by atoms with E-state index in [1.165, 1.54) is 0 Å². The van der Waals surface area contributed by atoms with Crippen LogP contribution in [0.3, 0.4) is 0 Å². The van der Waals surface area contributed by atoms with E-state index in [0.29, 0.717) is 11.1 Å². The Morgan fingerprint density at radius 3 is 2.76 bits per heavy atom. The van der Waals surface area contributed by atoms with Crippen LogP contribution in [0.4, 0.5) is 0 Å². The van der Waals surface area contributed by atoms with Gasteiger partial charge in [-0.3, -0.25) is 0 Å². The fourth-order valence-corrected chi connectivity index (χ4v) is 1.86. The first-order valence-electron chi connectivity index (χ1n) is 5.37. The molecule has 0 saturated heterocycles. The molecule has 2 N–H and O–H groups in total. The van der Waals surface area contributed by atoms with Gasteiger partial charge < -0.3 is 19.9 Å². The van der Waals surface area contributed by atoms with Crippen LogP contribution < -0.4 is 5.32 Å². The number of hydrogen-bond donors (Lipinski definition) is 2. The number of phenolic OH excluding ortho intramolecular Hbond substituents is 1. The van der Waals surface area contributed by atoms with Crippen LogP contribution in [-0.4, -0.2) is 38.6 Å². The first kappa shape index (κ1) is 14.4. The summed E-state index contributed by atoms with van der Waals surface area (Å²) >= 11 is 3.28. The summed E-state index contributed by atoms with van der Waals surface area (Å²) in [6.07, 6.45) is 0.0561. The maximum atomic E-state index is 9.36. The largest absolute Gasteiger partial charge is 0.507 e. The van der Waals surface area contributed by atoms with Crippen molar-refractivity contribution in [3.8, 4) is 5.75 Å². The molecule has 0 aromatic heterocycles. The third kappa shape index (κ3) is 5.04. The molecule has 0 aliphatic heterocycles. The zero-order valence-corrected chi connectivity index (χ0v) is 11.7. The average molecular weight is 304 g/mol. The molecule has 0 aliphatic carbocycles. The second kappa shape index (κ2) is 7.66. The van der Waals surface area contributed by atoms with E-state index in [4.69, 9.17) is 9.47 Å². The molecule has 0 aliphatic rings. The molecule has 1 atom stereocenters. The highest BCUT2D eigenvalue weighted by molar-refractivity contribution is 9.10. The second-order valence-corrected chi connectivity index (χ2v) is 4.58. The van der Waals surface area contributed by atoms with Crippen molar-refractivity contribution in [2.75, 3.05) is 27.4 Å². The Morgan fingerprint density at radius 2 is 2.18 bits per heavy atom. The van der Waals surface area contributed by atoms with Crippen LogP contribution >= 0.6 is 15.9 Å². The number of phenols is 1. The Kier molecular flexibility index (Phi) is 6.50. The number of hydrogen-bond acceptors (Lipinski definition) is 4. The third-order valence-corrected chi connectivity index (χ3v) is 3.03. The summed E-state index contributed by atoms with van der Waals surface area (Å²) in [6, 6.07) is 5.44. The van der Waals surface area contributed by atoms with E-state index >= 15 is 0 Å². The zero-order chi connectivity index (χ0) is 12.7. The lowest BCUT2D eigenvalue weighted by Gasteiger charge is -2.15. The molecule has 0 bridgehead atoms. The Morgan fingerprint density at radius 1 is 1.41 bits per heavy atom. The van der Waals surface area contributed by atoms with Gasteiger partial charge in [0.2, 0.25) is 0 Å². The lowest BCUT2D eigenvalue weighted by Crippen LogP contribution is -2.31. The summed E-state index contributed by atoms with van der Waals surface area (Å²) in [7, 11) is 3.33. The summed E-state index contributed by atoms with van der Waals surface area (Å²) in [6.45, 7) is 2.02. The minimum atomic E-state index is 0.0561. The molecular weight excluding hydrogens is 286 g/mol. The van der Waals surface area contributed by atoms with Gasteiger partial charge in [-0.25, -0.2) is 0 Å². The van der Waals surface area contributed by atoms with E-state index in [1.54, 1.807) is 20.3 Å². The normalized spacial score (nSPS) is 12.6. The van der Waals surface area contributed by atoms with Crippen LogP contribution in [0.2, 0.25) is 0 Å². The highest BCUT2D eigenvalue weighted by atomic mass is 79.9. The van der Waals surface area contributed by atoms with E-state index < -0.39 is 0 Å². The van der Waals surface area contributed by atoms with Crippen molar-refractivity contribution in [2.45, 2.75) is 12.6 Å². The molecule has 0 spiro atoms. The minimum absolute atomic E-state index is 0.0561. The van der Waals surface area contributed by atoms with Crippen molar-refractivity contribution in [1.29, 1.82) is 0 Å². The van der Waals surface area contributed by atoms with E-state index in [0.717, 1.165) is 18.7 Å². The molecule has 0 radical (unpaired) electrons. The molecule has 1 aromatic carbocycles. The summed E-state index contributed by atoms with van der Waals surface area (Å²) in [5.41, 5.74) is 1.10. The number of nitrogens with one attached hydrogen (secondary N) is 1. The van der Waals surface area contributed by atoms with Gasteiger partial charge in [-0.1, -0.05) is 6.07 Å². The SMILES string of the molecule is COCC(CNCc1ccc(O)c(Br)c1)OC. The van der Waals surface area contributed by atoms with Gasteiger partial charge in [0.05, 0.1) is 17.2 Å². The maximum absolute atomic E-state index is 9.36. The van der Waals surface area contributed by atoms with Crippen molar-refractivity contribution in [1.82, 2.24) is 5.32 Å². The molecule has 1 aromatic rings. The van der Waals surface area contributed by atoms with Crippen molar-refractivity contribution in [2.24, 2.45) is 0 Å². The number of rotatable bonds is 7. The van der Waals surface area contributed by atoms with Crippen LogP contribution in [0.5, 0.6) is 5.75 Å². The van der Waals surface area contributed by atoms with Crippen molar-refractivity contribution in [3.63, 3.8) is 0 Å². The zero-order valence-electron chi connectivity index (χ0n) is 10.1. The topological polar surface area (TPSA) is 50.7 Å². The summed E-state index contributed by atoms with van der Waals surface area (Å²) in [5.74, 6) is 0.253. The molecule has 0 saturated carbocycles. The maximum Gasteiger partial charge on any atom is 0.129 e. The van der Waals surface area contributed by atoms with Crippen molar-refractivity contribution < 1.29 is 14.6 Å². The number of aromatic hydroxyl groups is 1. The highest BCUT2D eigenvalue weighted by Crippen LogP contribution is 2.24. The van der Waals surface area contributed by atoms with E-state index in [1.807, 2.05) is 12.1 Å². The molecule has 1 unspecified atom stereocenters. The molecule has 0 amide bonds. The number of halogens is 1. The average Bonchev–Trinajstić information content (AvgIpc) is 2.32. The second-order valence-electron chi connectivity index (χ2n) is 3.73. The molecule has 5 heteroatoms. The molecule has 1 rings (SSSR count). The predicted octanol–water partition coefficient (Wildman–Crippen LogP) is 1.91. The first-order valence-corrected chi connectivity index (χ1v) is 6.16. The van der Waals surface area contributed by atoms with Crippen LogP contribution in [0.25, 0.3) is 0 Å². The van der Waals surface area contributed by atoms with Gasteiger partial charge in [0.15, 0.2) is 0 Å². The van der Waals surface area contributed by atoms with Crippen LogP contribution in [0.1, 0.15) is 5.56 Å². The van der Waals surface area contributed by atoms with Crippen molar-refractivity contribution in [3.05, 3.63) is 28.2 Å². The van der Waals surface area contributed by atoms with Gasteiger partial charge in [-0.05, 0) is 33.6 Å². The van der Waals surface area contributed by atoms with E-state index in [9.17, 15) is 5.11 Å². The van der Waals surface area contributed by atoms with Gasteiger partial charge >= 0.3 is 0 Å². The van der Waals surface area contributed by atoms with Gasteiger partial charge in [-0.15, -0.1) is 0 Å². The summed E-state index contributed by atoms with van der Waals surface area (Å²) < 4.78 is 11.0. The standard InChI is InChI=1S/C12H18BrNO3/c1-16-8-10(17-2)7-14-6-9-3-4-12(15)11(13)5-9/h3-5,10,14-15H,6-8H2,1-2H3. The molecule has 4 nitrogen and oxygen atoms in total. The van der Waals surface area contributed by atoms with Gasteiger partial charge in [-0.2, -0.15) is 0 Å². The summed E-state index contributed by atoms with van der Waals surface area (Å²) in [4.78, 5) is 0. The number of methoxy groups -OCH3 is 2. The van der Waals surface area contributed by atoms with Crippen molar-refractivity contribution >= 4 is 15.9 Å². The Labute approximate surface area is 110 Å². The fraction of sp³-hybridized carbons (Fsp3) is 0.500. The Bertz CT molecular complexity index is 347. The fourth-order valence-electron chi connectivity index (χ4n) is 1.43. The van der Waals surface area contributed by atoms with E-state index in [2.05, 4.69) is 21.2 Å². The molecular formula is C12H18BrNO3. The van der Waals surface area contributed by atoms with E-state index in [-0.39, 0.29) is 11.9 Å². The molecule has 17 heavy (non-hydrogen) atoms. The molecule has 96 valence electrons. The van der Waals surface area contributed by atoms with Crippen LogP contribution in [0, 0.1) is 0 Å². The monoisotopic (exact) mass is 303 g/mol. The van der Waals surface area contributed by atoms with Gasteiger partial charge in [0.25, 0.3) is 0 Å². The molecule has 0 heterocycles. The minimum Gasteiger partial charge on any atom is -0.507 e. The predicted molar refractivity (Wildman–Crippen MR) is 70.2 cm³/mol. The Hall–Kier alpha value is -0.620.